The van der Waals surface area contributed by atoms with Gasteiger partial charge in [0.15, 0.2) is 0 Å². The van der Waals surface area contributed by atoms with Crippen LogP contribution in [0, 0.1) is 0 Å². The molecule has 0 bridgehead atoms. The van der Waals surface area contributed by atoms with Crippen LogP contribution < -0.4 is 10.5 Å². The van der Waals surface area contributed by atoms with Gasteiger partial charge in [0.25, 0.3) is 5.88 Å². The quantitative estimate of drug-likeness (QED) is 0.795. The third-order valence-corrected chi connectivity index (χ3v) is 4.85. The smallest absolute Gasteiger partial charge is 0.256 e. The maximum atomic E-state index is 6.00. The summed E-state index contributed by atoms with van der Waals surface area (Å²) in [5.41, 5.74) is 6.61. The molecule has 1 aromatic rings. The maximum absolute atomic E-state index is 6.00. The standard InChI is InChI=1S/C16H28N4O3/c1-21-10-11-23-16-15(17)12-20(18-16)14-4-2-13(3-5-14)19-6-8-22-9-7-19/h12-14H,2-11,17H2,1H3. The van der Waals surface area contributed by atoms with Crippen molar-refractivity contribution in [1.82, 2.24) is 14.7 Å². The van der Waals surface area contributed by atoms with E-state index in [1.54, 1.807) is 7.11 Å². The van der Waals surface area contributed by atoms with E-state index in [9.17, 15) is 0 Å². The molecule has 2 aliphatic rings. The number of rotatable bonds is 6. The number of anilines is 1. The van der Waals surface area contributed by atoms with Crippen molar-refractivity contribution in [3.05, 3.63) is 6.20 Å². The lowest BCUT2D eigenvalue weighted by molar-refractivity contribution is 0.00502. The van der Waals surface area contributed by atoms with Gasteiger partial charge in [0.05, 0.1) is 32.1 Å². The second kappa shape index (κ2) is 7.99. The van der Waals surface area contributed by atoms with Crippen LogP contribution in [0.3, 0.4) is 0 Å². The fourth-order valence-electron chi connectivity index (χ4n) is 3.54. The fourth-order valence-corrected chi connectivity index (χ4v) is 3.54. The molecule has 2 fully saturated rings. The number of nitrogen functional groups attached to an aromatic ring is 1. The Morgan fingerprint density at radius 1 is 1.17 bits per heavy atom. The Morgan fingerprint density at radius 3 is 2.57 bits per heavy atom. The van der Waals surface area contributed by atoms with Crippen LogP contribution in [0.1, 0.15) is 31.7 Å². The van der Waals surface area contributed by atoms with Crippen LogP contribution in [0.2, 0.25) is 0 Å². The summed E-state index contributed by atoms with van der Waals surface area (Å²) < 4.78 is 18.0. The number of nitrogens with zero attached hydrogens (tertiary/aromatic N) is 3. The topological polar surface area (TPSA) is 74.8 Å². The monoisotopic (exact) mass is 324 g/mol. The van der Waals surface area contributed by atoms with Crippen molar-refractivity contribution in [2.45, 2.75) is 37.8 Å². The molecule has 2 N–H and O–H groups in total. The Labute approximate surface area is 137 Å². The van der Waals surface area contributed by atoms with E-state index in [0.717, 1.165) is 39.1 Å². The summed E-state index contributed by atoms with van der Waals surface area (Å²) in [6, 6.07) is 1.12. The van der Waals surface area contributed by atoms with Crippen LogP contribution >= 0.6 is 0 Å². The number of morpholine rings is 1. The lowest BCUT2D eigenvalue weighted by Crippen LogP contribution is -2.45. The minimum Gasteiger partial charge on any atom is -0.473 e. The van der Waals surface area contributed by atoms with Crippen molar-refractivity contribution in [3.8, 4) is 5.88 Å². The van der Waals surface area contributed by atoms with Crippen LogP contribution in [0.5, 0.6) is 5.88 Å². The molecule has 2 heterocycles. The van der Waals surface area contributed by atoms with Gasteiger partial charge in [-0.05, 0) is 25.7 Å². The van der Waals surface area contributed by atoms with E-state index in [0.29, 0.717) is 36.9 Å². The van der Waals surface area contributed by atoms with Crippen LogP contribution in [0.4, 0.5) is 5.69 Å². The van der Waals surface area contributed by atoms with E-state index in [2.05, 4.69) is 10.00 Å². The average Bonchev–Trinajstić information content (AvgIpc) is 2.97. The summed E-state index contributed by atoms with van der Waals surface area (Å²) in [6.45, 7) is 4.90. The van der Waals surface area contributed by atoms with Crippen molar-refractivity contribution >= 4 is 5.69 Å². The molecular formula is C16H28N4O3. The molecule has 1 saturated carbocycles. The first-order chi connectivity index (χ1) is 11.3. The van der Waals surface area contributed by atoms with Gasteiger partial charge in [-0.25, -0.2) is 0 Å². The van der Waals surface area contributed by atoms with Gasteiger partial charge >= 0.3 is 0 Å². The molecule has 1 aromatic heterocycles. The Balaban J connectivity index is 1.52. The third kappa shape index (κ3) is 4.16. The largest absolute Gasteiger partial charge is 0.473 e. The molecule has 7 heteroatoms. The first-order valence-corrected chi connectivity index (χ1v) is 8.56. The number of aromatic nitrogens is 2. The average molecular weight is 324 g/mol. The third-order valence-electron chi connectivity index (χ3n) is 4.85. The summed E-state index contributed by atoms with van der Waals surface area (Å²) in [5.74, 6) is 0.525. The lowest BCUT2D eigenvalue weighted by atomic mass is 9.90. The second-order valence-corrected chi connectivity index (χ2v) is 6.32. The van der Waals surface area contributed by atoms with Gasteiger partial charge in [-0.1, -0.05) is 0 Å². The van der Waals surface area contributed by atoms with E-state index in [4.69, 9.17) is 19.9 Å². The van der Waals surface area contributed by atoms with Crippen LogP contribution in [-0.2, 0) is 9.47 Å². The van der Waals surface area contributed by atoms with E-state index in [-0.39, 0.29) is 0 Å². The van der Waals surface area contributed by atoms with Crippen LogP contribution in [0.25, 0.3) is 0 Å². The molecule has 130 valence electrons. The van der Waals surface area contributed by atoms with Crippen molar-refractivity contribution in [1.29, 1.82) is 0 Å². The van der Waals surface area contributed by atoms with E-state index in [1.807, 2.05) is 10.9 Å². The van der Waals surface area contributed by atoms with E-state index in [1.165, 1.54) is 12.8 Å². The zero-order chi connectivity index (χ0) is 16.1. The first kappa shape index (κ1) is 16.5. The molecule has 0 aromatic carbocycles. The van der Waals surface area contributed by atoms with Crippen molar-refractivity contribution < 1.29 is 14.2 Å². The van der Waals surface area contributed by atoms with Gasteiger partial charge in [-0.15, -0.1) is 5.10 Å². The Morgan fingerprint density at radius 2 is 1.87 bits per heavy atom. The molecule has 0 unspecified atom stereocenters. The van der Waals surface area contributed by atoms with Gasteiger partial charge in [0.2, 0.25) is 0 Å². The van der Waals surface area contributed by atoms with Crippen LogP contribution in [-0.4, -0.2) is 67.3 Å². The molecular weight excluding hydrogens is 296 g/mol. The summed E-state index contributed by atoms with van der Waals surface area (Å²) in [5, 5.41) is 4.52. The molecule has 0 radical (unpaired) electrons. The molecule has 23 heavy (non-hydrogen) atoms. The molecule has 0 atom stereocenters. The minimum atomic E-state index is 0.425. The van der Waals surface area contributed by atoms with Gasteiger partial charge in [-0.2, -0.15) is 0 Å². The molecule has 1 saturated heterocycles. The number of ether oxygens (including phenoxy) is 3. The van der Waals surface area contributed by atoms with E-state index < -0.39 is 0 Å². The fraction of sp³-hybridized carbons (Fsp3) is 0.812. The number of methoxy groups -OCH3 is 1. The van der Waals surface area contributed by atoms with Gasteiger partial charge in [0.1, 0.15) is 12.3 Å². The Hall–Kier alpha value is -1.31. The Bertz CT molecular complexity index is 480. The van der Waals surface area contributed by atoms with Crippen molar-refractivity contribution in [3.63, 3.8) is 0 Å². The summed E-state index contributed by atoms with van der Waals surface area (Å²) in [4.78, 5) is 2.58. The molecule has 0 spiro atoms. The van der Waals surface area contributed by atoms with Crippen molar-refractivity contribution in [2.24, 2.45) is 0 Å². The predicted molar refractivity (Wildman–Crippen MR) is 87.7 cm³/mol. The van der Waals surface area contributed by atoms with E-state index >= 15 is 0 Å². The van der Waals surface area contributed by atoms with Crippen LogP contribution in [0.15, 0.2) is 6.20 Å². The number of hydrogen-bond acceptors (Lipinski definition) is 6. The van der Waals surface area contributed by atoms with Gasteiger partial charge in [-0.3, -0.25) is 9.58 Å². The minimum absolute atomic E-state index is 0.425. The van der Waals surface area contributed by atoms with Gasteiger partial charge < -0.3 is 19.9 Å². The highest BCUT2D eigenvalue weighted by atomic mass is 16.5. The molecule has 3 rings (SSSR count). The number of hydrogen-bond donors (Lipinski definition) is 1. The zero-order valence-electron chi connectivity index (χ0n) is 13.9. The van der Waals surface area contributed by atoms with Crippen molar-refractivity contribution in [2.75, 3.05) is 52.4 Å². The summed E-state index contributed by atoms with van der Waals surface area (Å²) in [6.07, 6.45) is 6.61. The Kier molecular flexibility index (Phi) is 5.75. The second-order valence-electron chi connectivity index (χ2n) is 6.32. The normalized spacial score (nSPS) is 26.3. The maximum Gasteiger partial charge on any atom is 0.256 e. The van der Waals surface area contributed by atoms with Gasteiger partial charge in [0, 0.05) is 26.2 Å². The summed E-state index contributed by atoms with van der Waals surface area (Å²) in [7, 11) is 1.65. The zero-order valence-corrected chi connectivity index (χ0v) is 13.9. The molecule has 1 aliphatic carbocycles. The molecule has 1 aliphatic heterocycles. The number of nitrogens with two attached hydrogens (primary N) is 1. The first-order valence-electron chi connectivity index (χ1n) is 8.56. The highest BCUT2D eigenvalue weighted by molar-refractivity contribution is 5.46. The SMILES string of the molecule is COCCOc1nn(C2CCC(N3CCOCC3)CC2)cc1N. The molecule has 0 amide bonds. The predicted octanol–water partition coefficient (Wildman–Crippen LogP) is 1.31. The highest BCUT2D eigenvalue weighted by Crippen LogP contribution is 2.33. The lowest BCUT2D eigenvalue weighted by Gasteiger charge is -2.38. The highest BCUT2D eigenvalue weighted by Gasteiger charge is 2.28. The summed E-state index contributed by atoms with van der Waals surface area (Å²) >= 11 is 0. The molecule has 7 nitrogen and oxygen atoms in total.